The lowest BCUT2D eigenvalue weighted by Crippen LogP contribution is -2.26. The summed E-state index contributed by atoms with van der Waals surface area (Å²) in [6.07, 6.45) is 1.78. The maximum absolute atomic E-state index is 8.53. The van der Waals surface area contributed by atoms with Gasteiger partial charge in [-0.3, -0.25) is 0 Å². The first-order valence-electron chi connectivity index (χ1n) is 2.25. The molecule has 0 saturated heterocycles. The van der Waals surface area contributed by atoms with Gasteiger partial charge in [0.1, 0.15) is 0 Å². The summed E-state index contributed by atoms with van der Waals surface area (Å²) in [5, 5.41) is 8.53. The van der Waals surface area contributed by atoms with E-state index >= 15 is 0 Å². The van der Waals surface area contributed by atoms with E-state index in [4.69, 9.17) is 10.7 Å². The van der Waals surface area contributed by atoms with Gasteiger partial charge >= 0.3 is 7.05 Å². The lowest BCUT2D eigenvalue weighted by atomic mass is 9.76. The molecule has 0 rings (SSSR count). The second kappa shape index (κ2) is 2.83. The molecule has 0 aliphatic carbocycles. The average Bonchev–Trinajstić information content (AvgIpc) is 1.65. The first-order valence-corrected chi connectivity index (χ1v) is 2.25. The van der Waals surface area contributed by atoms with E-state index in [1.165, 1.54) is 0 Å². The van der Waals surface area contributed by atoms with Crippen molar-refractivity contribution in [3.05, 3.63) is 11.5 Å². The van der Waals surface area contributed by atoms with E-state index in [1.807, 2.05) is 6.92 Å². The quantitative estimate of drug-likeness (QED) is 0.452. The summed E-state index contributed by atoms with van der Waals surface area (Å²) in [4.78, 5) is 0. The minimum atomic E-state index is -0.773. The Bertz CT molecular complexity index is 79.8. The van der Waals surface area contributed by atoms with Crippen molar-refractivity contribution in [2.75, 3.05) is 0 Å². The van der Waals surface area contributed by atoms with Crippen LogP contribution in [-0.2, 0) is 0 Å². The van der Waals surface area contributed by atoms with Crippen molar-refractivity contribution in [3.63, 3.8) is 0 Å². The lowest BCUT2D eigenvalue weighted by Gasteiger charge is -1.93. The lowest BCUT2D eigenvalue weighted by molar-refractivity contribution is 0.582. The van der Waals surface area contributed by atoms with Crippen LogP contribution < -0.4 is 5.64 Å². The molecule has 0 spiro atoms. The highest BCUT2D eigenvalue weighted by Gasteiger charge is 2.02. The summed E-state index contributed by atoms with van der Waals surface area (Å²) in [7, 11) is -0.773. The van der Waals surface area contributed by atoms with Crippen LogP contribution in [0.1, 0.15) is 13.8 Å². The Kier molecular flexibility index (Phi) is 2.72. The van der Waals surface area contributed by atoms with Crippen molar-refractivity contribution in [2.24, 2.45) is 5.64 Å². The molecule has 0 heterocycles. The van der Waals surface area contributed by atoms with E-state index in [1.54, 1.807) is 13.0 Å². The largest absolute Gasteiger partial charge is 0.434 e. The predicted molar refractivity (Wildman–Crippen MR) is 31.6 cm³/mol. The Labute approximate surface area is 44.2 Å². The van der Waals surface area contributed by atoms with Crippen molar-refractivity contribution in [3.8, 4) is 0 Å². The maximum Gasteiger partial charge on any atom is 0.405 e. The minimum Gasteiger partial charge on any atom is -0.434 e. The third-order valence-corrected chi connectivity index (χ3v) is 0.922. The summed E-state index contributed by atoms with van der Waals surface area (Å²) in [6, 6.07) is 0. The van der Waals surface area contributed by atoms with Crippen molar-refractivity contribution in [1.82, 2.24) is 0 Å². The van der Waals surface area contributed by atoms with Crippen LogP contribution in [0.4, 0.5) is 0 Å². The molecule has 0 aromatic rings. The molecule has 0 aromatic carbocycles. The monoisotopic (exact) mass is 99.1 g/mol. The van der Waals surface area contributed by atoms with Crippen molar-refractivity contribution < 1.29 is 5.02 Å². The van der Waals surface area contributed by atoms with E-state index in [9.17, 15) is 0 Å². The summed E-state index contributed by atoms with van der Waals surface area (Å²) < 4.78 is 0. The highest BCUT2D eigenvalue weighted by Crippen LogP contribution is 1.87. The van der Waals surface area contributed by atoms with Gasteiger partial charge in [0, 0.05) is 0 Å². The molecule has 0 amide bonds. The van der Waals surface area contributed by atoms with Crippen LogP contribution >= 0.6 is 0 Å². The van der Waals surface area contributed by atoms with Crippen LogP contribution in [0.3, 0.4) is 0 Å². The van der Waals surface area contributed by atoms with Gasteiger partial charge in [-0.2, -0.15) is 0 Å². The number of nitrogens with two attached hydrogens (primary N) is 1. The average molecular weight is 98.9 g/mol. The first kappa shape index (κ1) is 6.72. The van der Waals surface area contributed by atoms with Gasteiger partial charge in [0.15, 0.2) is 0 Å². The Morgan fingerprint density at radius 2 is 2.29 bits per heavy atom. The van der Waals surface area contributed by atoms with Crippen molar-refractivity contribution in [2.45, 2.75) is 13.8 Å². The second-order valence-electron chi connectivity index (χ2n) is 1.48. The second-order valence-corrected chi connectivity index (χ2v) is 1.48. The molecule has 0 unspecified atom stereocenters. The normalized spacial score (nSPS) is 11.7. The van der Waals surface area contributed by atoms with Crippen LogP contribution in [0.2, 0.25) is 0 Å². The van der Waals surface area contributed by atoms with Crippen LogP contribution in [-0.4, -0.2) is 12.1 Å². The summed E-state index contributed by atoms with van der Waals surface area (Å²) >= 11 is 0. The molecule has 0 saturated carbocycles. The smallest absolute Gasteiger partial charge is 0.405 e. The van der Waals surface area contributed by atoms with E-state index < -0.39 is 7.05 Å². The molecular formula is C4H10BNO. The van der Waals surface area contributed by atoms with Gasteiger partial charge in [-0.15, -0.1) is 0 Å². The molecule has 7 heavy (non-hydrogen) atoms. The molecule has 3 heteroatoms. The third kappa shape index (κ3) is 2.42. The van der Waals surface area contributed by atoms with Crippen molar-refractivity contribution >= 4 is 7.05 Å². The van der Waals surface area contributed by atoms with Crippen LogP contribution in [0.5, 0.6) is 0 Å². The van der Waals surface area contributed by atoms with E-state index in [0.29, 0.717) is 0 Å². The Morgan fingerprint density at radius 1 is 1.86 bits per heavy atom. The zero-order valence-electron chi connectivity index (χ0n) is 4.68. The number of hydrogen-bond donors (Lipinski definition) is 2. The van der Waals surface area contributed by atoms with Gasteiger partial charge in [-0.25, -0.2) is 0 Å². The fourth-order valence-corrected chi connectivity index (χ4v) is 0.171. The zero-order chi connectivity index (χ0) is 5.86. The van der Waals surface area contributed by atoms with Crippen molar-refractivity contribution in [1.29, 1.82) is 0 Å². The molecule has 0 fully saturated rings. The highest BCUT2D eigenvalue weighted by atomic mass is 16.2. The first-order chi connectivity index (χ1) is 3.18. The minimum absolute atomic E-state index is 0.773. The summed E-state index contributed by atoms with van der Waals surface area (Å²) in [5.41, 5.74) is 5.84. The summed E-state index contributed by atoms with van der Waals surface area (Å²) in [6.45, 7) is 3.62. The van der Waals surface area contributed by atoms with Gasteiger partial charge in [0.2, 0.25) is 0 Å². The molecule has 0 aromatic heterocycles. The van der Waals surface area contributed by atoms with Crippen LogP contribution in [0.25, 0.3) is 0 Å². The van der Waals surface area contributed by atoms with Gasteiger partial charge in [-0.05, 0) is 13.8 Å². The molecular weight excluding hydrogens is 88.9 g/mol. The van der Waals surface area contributed by atoms with E-state index in [0.717, 1.165) is 5.47 Å². The van der Waals surface area contributed by atoms with E-state index in [2.05, 4.69) is 0 Å². The molecule has 0 aliphatic heterocycles. The molecule has 0 radical (unpaired) electrons. The Morgan fingerprint density at radius 3 is 2.29 bits per heavy atom. The highest BCUT2D eigenvalue weighted by molar-refractivity contribution is 6.55. The van der Waals surface area contributed by atoms with E-state index in [-0.39, 0.29) is 0 Å². The zero-order valence-corrected chi connectivity index (χ0v) is 4.68. The van der Waals surface area contributed by atoms with Crippen LogP contribution in [0.15, 0.2) is 11.5 Å². The summed E-state index contributed by atoms with van der Waals surface area (Å²) in [5.74, 6) is 0. The fraction of sp³-hybridized carbons (Fsp3) is 0.500. The Balaban J connectivity index is 3.56. The third-order valence-electron chi connectivity index (χ3n) is 0.922. The SMILES string of the molecule is CC=C(C)B(N)O. The standard InChI is InChI=1S/C4H10BNO/c1-3-4(2)5(6)7/h3,7H,6H2,1-2H3. The Hall–Kier alpha value is -0.275. The van der Waals surface area contributed by atoms with Gasteiger partial charge < -0.3 is 10.7 Å². The van der Waals surface area contributed by atoms with Gasteiger partial charge in [0.25, 0.3) is 0 Å². The number of hydrogen-bond acceptors (Lipinski definition) is 2. The predicted octanol–water partition coefficient (Wildman–Crippen LogP) is -0.0690. The van der Waals surface area contributed by atoms with Gasteiger partial charge in [0.05, 0.1) is 0 Å². The van der Waals surface area contributed by atoms with Crippen LogP contribution in [0, 0.1) is 0 Å². The molecule has 0 aliphatic rings. The molecule has 2 nitrogen and oxygen atoms in total. The topological polar surface area (TPSA) is 46.2 Å². The molecule has 0 bridgehead atoms. The maximum atomic E-state index is 8.53. The number of allylic oxidation sites excluding steroid dienone is 2. The molecule has 0 atom stereocenters. The molecule has 3 N–H and O–H groups in total. The van der Waals surface area contributed by atoms with Gasteiger partial charge in [-0.1, -0.05) is 11.5 Å². The fourth-order valence-electron chi connectivity index (χ4n) is 0.171. The molecule has 40 valence electrons. The number of rotatable bonds is 1.